The highest BCUT2D eigenvalue weighted by Crippen LogP contribution is 2.42. The highest BCUT2D eigenvalue weighted by Gasteiger charge is 2.32. The minimum atomic E-state index is -2.93. The molecule has 168 valence electrons. The van der Waals surface area contributed by atoms with Gasteiger partial charge in [0.15, 0.2) is 0 Å². The lowest BCUT2D eigenvalue weighted by molar-refractivity contribution is -0.147. The lowest BCUT2D eigenvalue weighted by Gasteiger charge is -2.36. The van der Waals surface area contributed by atoms with Crippen LogP contribution in [0, 0.1) is 12.8 Å². The van der Waals surface area contributed by atoms with Gasteiger partial charge in [-0.2, -0.15) is 0 Å². The molecule has 1 saturated heterocycles. The maximum Gasteiger partial charge on any atom is 0.309 e. The molecule has 0 unspecified atom stereocenters. The van der Waals surface area contributed by atoms with Crippen LogP contribution in [0.3, 0.4) is 0 Å². The van der Waals surface area contributed by atoms with Gasteiger partial charge in [0.2, 0.25) is 0 Å². The number of halogens is 2. The number of carbonyl (C=O) groups is 1. The van der Waals surface area contributed by atoms with Crippen molar-refractivity contribution in [2.45, 2.75) is 32.9 Å². The van der Waals surface area contributed by atoms with E-state index in [-0.39, 0.29) is 17.4 Å². The van der Waals surface area contributed by atoms with Crippen LogP contribution in [-0.2, 0) is 23.9 Å². The molecule has 4 nitrogen and oxygen atoms in total. The Balaban J connectivity index is 1.43. The molecule has 2 heterocycles. The lowest BCUT2D eigenvalue weighted by Crippen LogP contribution is -2.49. The molecule has 0 saturated carbocycles. The van der Waals surface area contributed by atoms with Crippen molar-refractivity contribution in [3.05, 3.63) is 75.5 Å². The molecule has 1 aliphatic rings. The number of nitrogens with zero attached hydrogens (tertiary/aromatic N) is 1. The molecule has 1 N–H and O–H groups in total. The fraction of sp³-hybridized carbons (Fsp3) is 0.320. The number of hydrogen-bond donors (Lipinski definition) is 1. The highest BCUT2D eigenvalue weighted by molar-refractivity contribution is 7.12. The van der Waals surface area contributed by atoms with Gasteiger partial charge in [-0.1, -0.05) is 42.5 Å². The summed E-state index contributed by atoms with van der Waals surface area (Å²) in [6.45, 7) is 4.93. The molecule has 2 aromatic carbocycles. The fourth-order valence-electron chi connectivity index (χ4n) is 3.91. The van der Waals surface area contributed by atoms with Crippen LogP contribution in [0.25, 0.3) is 11.1 Å². The largest absolute Gasteiger partial charge is 0.488 e. The summed E-state index contributed by atoms with van der Waals surface area (Å²) in [5.41, 5.74) is 3.36. The number of rotatable bonds is 8. The summed E-state index contributed by atoms with van der Waals surface area (Å²) in [5.74, 6) is -3.23. The van der Waals surface area contributed by atoms with Gasteiger partial charge in [0, 0.05) is 37.0 Å². The van der Waals surface area contributed by atoms with Crippen LogP contribution >= 0.6 is 11.3 Å². The van der Waals surface area contributed by atoms with Gasteiger partial charge in [-0.15, -0.1) is 11.3 Å². The minimum absolute atomic E-state index is 0.0450. The number of hydrogen-bond acceptors (Lipinski definition) is 4. The van der Waals surface area contributed by atoms with E-state index in [0.717, 1.165) is 39.8 Å². The van der Waals surface area contributed by atoms with Crippen LogP contribution in [0.2, 0.25) is 0 Å². The average molecular weight is 458 g/mol. The van der Waals surface area contributed by atoms with Crippen molar-refractivity contribution in [3.63, 3.8) is 0 Å². The number of alkyl halides is 2. The first-order valence-electron chi connectivity index (χ1n) is 10.4. The molecule has 1 aliphatic heterocycles. The van der Waals surface area contributed by atoms with Crippen LogP contribution in [-0.4, -0.2) is 29.1 Å². The van der Waals surface area contributed by atoms with E-state index in [1.807, 2.05) is 55.5 Å². The summed E-state index contributed by atoms with van der Waals surface area (Å²) in [4.78, 5) is 13.8. The number of likely N-dealkylation sites (tertiary alicyclic amines) is 1. The summed E-state index contributed by atoms with van der Waals surface area (Å²) in [6.07, 6.45) is 0. The third-order valence-corrected chi connectivity index (χ3v) is 6.87. The summed E-state index contributed by atoms with van der Waals surface area (Å²) in [6, 6.07) is 16.9. The quantitative estimate of drug-likeness (QED) is 0.455. The van der Waals surface area contributed by atoms with Crippen molar-refractivity contribution in [3.8, 4) is 16.9 Å². The highest BCUT2D eigenvalue weighted by atomic mass is 32.1. The van der Waals surface area contributed by atoms with E-state index in [9.17, 15) is 13.6 Å². The maximum absolute atomic E-state index is 14.2. The number of carboxylic acid groups (broad SMARTS) is 1. The van der Waals surface area contributed by atoms with Crippen LogP contribution in [0.1, 0.15) is 27.8 Å². The summed E-state index contributed by atoms with van der Waals surface area (Å²) in [5, 5.41) is 8.99. The first kappa shape index (κ1) is 22.4. The Kier molecular flexibility index (Phi) is 6.31. The number of aliphatic carboxylic acids is 1. The topological polar surface area (TPSA) is 49.8 Å². The van der Waals surface area contributed by atoms with Gasteiger partial charge in [-0.3, -0.25) is 9.69 Å². The monoisotopic (exact) mass is 457 g/mol. The van der Waals surface area contributed by atoms with Crippen molar-refractivity contribution >= 4 is 17.3 Å². The molecule has 4 rings (SSSR count). The fourth-order valence-corrected chi connectivity index (χ4v) is 4.93. The molecule has 0 atom stereocenters. The number of benzene rings is 2. The second kappa shape index (κ2) is 9.00. The molecule has 7 heteroatoms. The van der Waals surface area contributed by atoms with Gasteiger partial charge in [-0.05, 0) is 35.7 Å². The zero-order valence-corrected chi connectivity index (χ0v) is 18.8. The second-order valence-corrected chi connectivity index (χ2v) is 9.46. The van der Waals surface area contributed by atoms with Crippen LogP contribution in [0.4, 0.5) is 8.78 Å². The SMILES string of the molecule is Cc1cc(CN2CC(C(=O)O)C2)ccc1OCc1cc(-c2ccccc2)c(C(C)(F)F)s1. The summed E-state index contributed by atoms with van der Waals surface area (Å²) < 4.78 is 34.4. The molecule has 0 aliphatic carbocycles. The van der Waals surface area contributed by atoms with Gasteiger partial charge in [0.1, 0.15) is 12.4 Å². The molecule has 0 radical (unpaired) electrons. The van der Waals surface area contributed by atoms with E-state index in [0.29, 0.717) is 30.9 Å². The third kappa shape index (κ3) is 5.00. The standard InChI is InChI=1S/C25H25F2NO3S/c1-16-10-17(12-28-13-19(14-28)24(29)30)8-9-22(16)31-15-20-11-21(18-6-4-3-5-7-18)23(32-20)25(2,26)27/h3-11,19H,12-15H2,1-2H3,(H,29,30). The summed E-state index contributed by atoms with van der Waals surface area (Å²) >= 11 is 1.08. The smallest absolute Gasteiger partial charge is 0.309 e. The zero-order chi connectivity index (χ0) is 22.9. The molecule has 1 fully saturated rings. The summed E-state index contributed by atoms with van der Waals surface area (Å²) in [7, 11) is 0. The van der Waals surface area contributed by atoms with E-state index in [2.05, 4.69) is 4.90 Å². The molecule has 3 aromatic rings. The minimum Gasteiger partial charge on any atom is -0.488 e. The van der Waals surface area contributed by atoms with Crippen LogP contribution in [0.5, 0.6) is 5.75 Å². The molecule has 1 aromatic heterocycles. The van der Waals surface area contributed by atoms with E-state index in [1.54, 1.807) is 6.07 Å². The van der Waals surface area contributed by atoms with Gasteiger partial charge < -0.3 is 9.84 Å². The van der Waals surface area contributed by atoms with E-state index < -0.39 is 11.9 Å². The molecular weight excluding hydrogens is 432 g/mol. The van der Waals surface area contributed by atoms with Gasteiger partial charge in [-0.25, -0.2) is 8.78 Å². The van der Waals surface area contributed by atoms with E-state index in [4.69, 9.17) is 9.84 Å². The predicted molar refractivity (Wildman–Crippen MR) is 121 cm³/mol. The van der Waals surface area contributed by atoms with E-state index >= 15 is 0 Å². The van der Waals surface area contributed by atoms with Crippen molar-refractivity contribution in [2.75, 3.05) is 13.1 Å². The molecular formula is C25H25F2NO3S. The number of aryl methyl sites for hydroxylation is 1. The van der Waals surface area contributed by atoms with Crippen molar-refractivity contribution in [1.82, 2.24) is 4.90 Å². The second-order valence-electron chi connectivity index (χ2n) is 8.33. The third-order valence-electron chi connectivity index (χ3n) is 5.59. The van der Waals surface area contributed by atoms with Crippen molar-refractivity contribution in [1.29, 1.82) is 0 Å². The predicted octanol–water partition coefficient (Wildman–Crippen LogP) is 5.93. The van der Waals surface area contributed by atoms with Gasteiger partial charge in [0.25, 0.3) is 5.92 Å². The Morgan fingerprint density at radius 1 is 1.19 bits per heavy atom. The molecule has 32 heavy (non-hydrogen) atoms. The number of ether oxygens (including phenoxy) is 1. The normalized spacial score (nSPS) is 14.9. The Morgan fingerprint density at radius 3 is 2.53 bits per heavy atom. The lowest BCUT2D eigenvalue weighted by atomic mass is 9.99. The van der Waals surface area contributed by atoms with Crippen LogP contribution in [0.15, 0.2) is 54.6 Å². The Morgan fingerprint density at radius 2 is 1.91 bits per heavy atom. The van der Waals surface area contributed by atoms with Crippen LogP contribution < -0.4 is 4.74 Å². The van der Waals surface area contributed by atoms with Gasteiger partial charge >= 0.3 is 5.97 Å². The Labute approximate surface area is 190 Å². The Bertz CT molecular complexity index is 1100. The molecule has 0 bridgehead atoms. The number of carboxylic acids is 1. The maximum atomic E-state index is 14.2. The number of thiophene rings is 1. The first-order chi connectivity index (χ1) is 15.2. The average Bonchev–Trinajstić information content (AvgIpc) is 3.15. The van der Waals surface area contributed by atoms with Crippen molar-refractivity contribution in [2.24, 2.45) is 5.92 Å². The van der Waals surface area contributed by atoms with Crippen molar-refractivity contribution < 1.29 is 23.4 Å². The Hall–Kier alpha value is -2.77. The molecule has 0 amide bonds. The van der Waals surface area contributed by atoms with E-state index in [1.165, 1.54) is 0 Å². The first-order valence-corrected chi connectivity index (χ1v) is 11.3. The zero-order valence-electron chi connectivity index (χ0n) is 18.0. The van der Waals surface area contributed by atoms with Gasteiger partial charge in [0.05, 0.1) is 10.8 Å². The molecule has 0 spiro atoms.